The van der Waals surface area contributed by atoms with Gasteiger partial charge >= 0.3 is 5.97 Å². The summed E-state index contributed by atoms with van der Waals surface area (Å²) < 4.78 is 15.6. The van der Waals surface area contributed by atoms with Crippen LogP contribution >= 0.6 is 11.6 Å². The Morgan fingerprint density at radius 3 is 2.79 bits per heavy atom. The third-order valence-electron chi connectivity index (χ3n) is 4.66. The number of fused-ring (bicyclic) bond motifs is 2. The van der Waals surface area contributed by atoms with Gasteiger partial charge in [-0.05, 0) is 35.4 Å². The monoisotopic (exact) mass is 411 g/mol. The maximum absolute atomic E-state index is 12.3. The predicted molar refractivity (Wildman–Crippen MR) is 108 cm³/mol. The molecular formula is C22H18ClNO5. The predicted octanol–water partition coefficient (Wildman–Crippen LogP) is 4.26. The Morgan fingerprint density at radius 2 is 1.93 bits per heavy atom. The highest BCUT2D eigenvalue weighted by Gasteiger charge is 2.22. The highest BCUT2D eigenvalue weighted by molar-refractivity contribution is 6.32. The van der Waals surface area contributed by atoms with E-state index in [1.54, 1.807) is 0 Å². The Hall–Kier alpha value is -3.25. The van der Waals surface area contributed by atoms with E-state index in [0.29, 0.717) is 11.5 Å². The minimum atomic E-state index is -0.668. The SMILES string of the molecule is C[C@H](NC(=O)COC(=O)c1cc(Cl)c2c(c1)OCO2)c1cccc2ccccc12. The van der Waals surface area contributed by atoms with Crippen molar-refractivity contribution in [2.75, 3.05) is 13.4 Å². The van der Waals surface area contributed by atoms with Crippen LogP contribution in [0.4, 0.5) is 0 Å². The number of amides is 1. The Bertz CT molecular complexity index is 1090. The van der Waals surface area contributed by atoms with Crippen LogP contribution in [0.1, 0.15) is 28.9 Å². The average Bonchev–Trinajstić information content (AvgIpc) is 3.21. The molecule has 3 aromatic rings. The zero-order chi connectivity index (χ0) is 20.4. The minimum absolute atomic E-state index is 0.0437. The summed E-state index contributed by atoms with van der Waals surface area (Å²) in [5.74, 6) is -0.299. The van der Waals surface area contributed by atoms with Crippen molar-refractivity contribution in [3.05, 3.63) is 70.7 Å². The lowest BCUT2D eigenvalue weighted by atomic mass is 10.00. The third kappa shape index (κ3) is 3.98. The fourth-order valence-electron chi connectivity index (χ4n) is 3.29. The second kappa shape index (κ2) is 8.01. The Balaban J connectivity index is 1.39. The average molecular weight is 412 g/mol. The first-order chi connectivity index (χ1) is 14.0. The lowest BCUT2D eigenvalue weighted by Crippen LogP contribution is -2.31. The van der Waals surface area contributed by atoms with Crippen LogP contribution < -0.4 is 14.8 Å². The molecule has 0 radical (unpaired) electrons. The van der Waals surface area contributed by atoms with Gasteiger partial charge in [0.25, 0.3) is 5.91 Å². The van der Waals surface area contributed by atoms with Gasteiger partial charge in [-0.15, -0.1) is 0 Å². The van der Waals surface area contributed by atoms with Crippen LogP contribution in [0.15, 0.2) is 54.6 Å². The molecule has 1 heterocycles. The Labute approximate surface area is 172 Å². The van der Waals surface area contributed by atoms with Crippen LogP contribution in [0.3, 0.4) is 0 Å². The maximum Gasteiger partial charge on any atom is 0.338 e. The molecule has 1 N–H and O–H groups in total. The number of hydrogen-bond donors (Lipinski definition) is 1. The lowest BCUT2D eigenvalue weighted by molar-refractivity contribution is -0.124. The molecule has 0 aliphatic carbocycles. The highest BCUT2D eigenvalue weighted by Crippen LogP contribution is 2.39. The zero-order valence-corrected chi connectivity index (χ0v) is 16.4. The first-order valence-corrected chi connectivity index (χ1v) is 9.44. The fourth-order valence-corrected chi connectivity index (χ4v) is 3.55. The van der Waals surface area contributed by atoms with Crippen molar-refractivity contribution < 1.29 is 23.8 Å². The van der Waals surface area contributed by atoms with Crippen LogP contribution in [0, 0.1) is 0 Å². The zero-order valence-electron chi connectivity index (χ0n) is 15.6. The molecule has 1 aliphatic heterocycles. The van der Waals surface area contributed by atoms with E-state index >= 15 is 0 Å². The molecule has 3 aromatic carbocycles. The summed E-state index contributed by atoms with van der Waals surface area (Å²) in [4.78, 5) is 24.6. The number of rotatable bonds is 5. The molecule has 0 aromatic heterocycles. The number of carbonyl (C=O) groups is 2. The summed E-state index contributed by atoms with van der Waals surface area (Å²) >= 11 is 6.07. The molecule has 0 saturated carbocycles. The van der Waals surface area contributed by atoms with Crippen LogP contribution in [-0.2, 0) is 9.53 Å². The Morgan fingerprint density at radius 1 is 1.14 bits per heavy atom. The molecule has 1 aliphatic rings. The van der Waals surface area contributed by atoms with Gasteiger partial charge in [0.1, 0.15) is 0 Å². The molecule has 0 fully saturated rings. The van der Waals surface area contributed by atoms with Crippen molar-refractivity contribution in [3.63, 3.8) is 0 Å². The number of hydrogen-bond acceptors (Lipinski definition) is 5. The number of esters is 1. The Kier molecular flexibility index (Phi) is 5.27. The van der Waals surface area contributed by atoms with Gasteiger partial charge in [0.15, 0.2) is 18.1 Å². The summed E-state index contributed by atoms with van der Waals surface area (Å²) in [6, 6.07) is 16.6. The van der Waals surface area contributed by atoms with Gasteiger partial charge in [0.2, 0.25) is 6.79 Å². The number of nitrogens with one attached hydrogen (secondary N) is 1. The quantitative estimate of drug-likeness (QED) is 0.635. The number of carbonyl (C=O) groups excluding carboxylic acids is 2. The first kappa shape index (κ1) is 19.1. The van der Waals surface area contributed by atoms with Gasteiger partial charge < -0.3 is 19.5 Å². The number of halogens is 1. The van der Waals surface area contributed by atoms with Gasteiger partial charge in [0.05, 0.1) is 16.6 Å². The lowest BCUT2D eigenvalue weighted by Gasteiger charge is -2.16. The molecule has 0 bridgehead atoms. The molecule has 1 atom stereocenters. The topological polar surface area (TPSA) is 73.9 Å². The van der Waals surface area contributed by atoms with Crippen molar-refractivity contribution in [3.8, 4) is 11.5 Å². The molecule has 4 rings (SSSR count). The molecule has 29 heavy (non-hydrogen) atoms. The van der Waals surface area contributed by atoms with Gasteiger partial charge in [-0.2, -0.15) is 0 Å². The maximum atomic E-state index is 12.3. The van der Waals surface area contributed by atoms with E-state index in [2.05, 4.69) is 5.32 Å². The summed E-state index contributed by atoms with van der Waals surface area (Å²) in [5.41, 5.74) is 1.18. The summed E-state index contributed by atoms with van der Waals surface area (Å²) in [6.45, 7) is 1.53. The highest BCUT2D eigenvalue weighted by atomic mass is 35.5. The van der Waals surface area contributed by atoms with Crippen molar-refractivity contribution in [2.24, 2.45) is 0 Å². The van der Waals surface area contributed by atoms with E-state index in [0.717, 1.165) is 16.3 Å². The molecule has 0 saturated heterocycles. The van der Waals surface area contributed by atoms with Crippen LogP contribution in [0.25, 0.3) is 10.8 Å². The van der Waals surface area contributed by atoms with Gasteiger partial charge in [-0.25, -0.2) is 4.79 Å². The molecular weight excluding hydrogens is 394 g/mol. The van der Waals surface area contributed by atoms with Crippen LogP contribution in [0.5, 0.6) is 11.5 Å². The summed E-state index contributed by atoms with van der Waals surface area (Å²) in [5, 5.41) is 5.27. The standard InChI is InChI=1S/C22H18ClNO5/c1-13(16-8-4-6-14-5-2-3-7-17(14)16)24-20(25)11-27-22(26)15-9-18(23)21-19(10-15)28-12-29-21/h2-10,13H,11-12H2,1H3,(H,24,25)/t13-/m0/s1. The summed E-state index contributed by atoms with van der Waals surface area (Å²) in [6.07, 6.45) is 0. The second-order valence-electron chi connectivity index (χ2n) is 6.63. The van der Waals surface area contributed by atoms with E-state index in [1.165, 1.54) is 12.1 Å². The van der Waals surface area contributed by atoms with Crippen molar-refractivity contribution >= 4 is 34.2 Å². The van der Waals surface area contributed by atoms with Crippen molar-refractivity contribution in [1.29, 1.82) is 0 Å². The van der Waals surface area contributed by atoms with Crippen molar-refractivity contribution in [2.45, 2.75) is 13.0 Å². The molecule has 0 unspecified atom stereocenters. The molecule has 6 nitrogen and oxygen atoms in total. The third-order valence-corrected chi connectivity index (χ3v) is 4.95. The van der Waals surface area contributed by atoms with E-state index in [1.807, 2.05) is 49.4 Å². The molecule has 7 heteroatoms. The van der Waals surface area contributed by atoms with E-state index < -0.39 is 18.5 Å². The molecule has 1 amide bonds. The van der Waals surface area contributed by atoms with Crippen LogP contribution in [-0.4, -0.2) is 25.3 Å². The largest absolute Gasteiger partial charge is 0.454 e. The number of benzene rings is 3. The summed E-state index contributed by atoms with van der Waals surface area (Å²) in [7, 11) is 0. The van der Waals surface area contributed by atoms with Gasteiger partial charge in [-0.1, -0.05) is 54.1 Å². The van der Waals surface area contributed by atoms with E-state index in [4.69, 9.17) is 25.8 Å². The number of ether oxygens (including phenoxy) is 3. The molecule has 0 spiro atoms. The smallest absolute Gasteiger partial charge is 0.338 e. The van der Waals surface area contributed by atoms with Crippen LogP contribution in [0.2, 0.25) is 5.02 Å². The normalized spacial score (nSPS) is 13.2. The van der Waals surface area contributed by atoms with E-state index in [-0.39, 0.29) is 23.4 Å². The van der Waals surface area contributed by atoms with Crippen molar-refractivity contribution in [1.82, 2.24) is 5.32 Å². The minimum Gasteiger partial charge on any atom is -0.454 e. The fraction of sp³-hybridized carbons (Fsp3) is 0.182. The van der Waals surface area contributed by atoms with Gasteiger partial charge in [0, 0.05) is 0 Å². The van der Waals surface area contributed by atoms with E-state index in [9.17, 15) is 9.59 Å². The second-order valence-corrected chi connectivity index (χ2v) is 7.03. The molecule has 148 valence electrons. The van der Waals surface area contributed by atoms with Gasteiger partial charge in [-0.3, -0.25) is 4.79 Å². The first-order valence-electron chi connectivity index (χ1n) is 9.06.